The minimum atomic E-state index is 0. The number of aromatic nitrogens is 3. The van der Waals surface area contributed by atoms with Crippen molar-refractivity contribution in [1.29, 1.82) is 0 Å². The molecule has 4 heteroatoms. The second kappa shape index (κ2) is 3.43. The topological polar surface area (TPSA) is 39.9 Å². The van der Waals surface area contributed by atoms with Crippen molar-refractivity contribution in [3.8, 4) is 0 Å². The molecule has 0 aromatic carbocycles. The molecule has 1 aromatic rings. The Morgan fingerprint density at radius 1 is 1.50 bits per heavy atom. The van der Waals surface area contributed by atoms with Crippen molar-refractivity contribution >= 4 is 0 Å². The minimum Gasteiger partial charge on any atom is -0.359 e. The Labute approximate surface area is 60.4 Å². The summed E-state index contributed by atoms with van der Waals surface area (Å²) in [5.74, 6) is 0. The fourth-order valence-electron chi connectivity index (χ4n) is 0.149. The third-order valence-corrected chi connectivity index (χ3v) is 0.303. The van der Waals surface area contributed by atoms with E-state index in [0.29, 0.717) is 0 Å². The summed E-state index contributed by atoms with van der Waals surface area (Å²) in [4.78, 5) is 0. The van der Waals surface area contributed by atoms with Gasteiger partial charge in [0.1, 0.15) is 0 Å². The molecular weight excluding hydrogens is 155 g/mol. The SMILES string of the molecule is [Y+3].c1c[n-]nn1. The van der Waals surface area contributed by atoms with E-state index in [-0.39, 0.29) is 32.7 Å². The molecular formula is C2H2N3Y+2. The minimum absolute atomic E-state index is 0. The van der Waals surface area contributed by atoms with Crippen LogP contribution in [0.1, 0.15) is 0 Å². The fourth-order valence-corrected chi connectivity index (χ4v) is 0.149. The monoisotopic (exact) mass is 157 g/mol. The van der Waals surface area contributed by atoms with Crippen molar-refractivity contribution in [1.82, 2.24) is 15.4 Å². The molecule has 0 saturated heterocycles. The Hall–Kier alpha value is 0.244. The first-order valence-corrected chi connectivity index (χ1v) is 1.25. The van der Waals surface area contributed by atoms with Gasteiger partial charge in [0, 0.05) is 0 Å². The zero-order valence-electron chi connectivity index (χ0n) is 3.07. The average molecular weight is 157 g/mol. The van der Waals surface area contributed by atoms with Gasteiger partial charge in [-0.1, -0.05) is 12.4 Å². The van der Waals surface area contributed by atoms with E-state index >= 15 is 0 Å². The van der Waals surface area contributed by atoms with Crippen LogP contribution in [0.3, 0.4) is 0 Å². The van der Waals surface area contributed by atoms with Crippen LogP contribution in [0.5, 0.6) is 0 Å². The smallest absolute Gasteiger partial charge is 0.359 e. The summed E-state index contributed by atoms with van der Waals surface area (Å²) in [6.45, 7) is 0. The van der Waals surface area contributed by atoms with E-state index in [1.807, 2.05) is 0 Å². The molecule has 0 aliphatic carbocycles. The van der Waals surface area contributed by atoms with Gasteiger partial charge in [-0.2, -0.15) is 0 Å². The number of hydrogen-bond acceptors (Lipinski definition) is 2. The summed E-state index contributed by atoms with van der Waals surface area (Å²) >= 11 is 0. The van der Waals surface area contributed by atoms with Crippen molar-refractivity contribution in [3.63, 3.8) is 0 Å². The molecule has 0 saturated carbocycles. The second-order valence-electron chi connectivity index (χ2n) is 0.619. The van der Waals surface area contributed by atoms with Crippen molar-refractivity contribution in [2.45, 2.75) is 0 Å². The van der Waals surface area contributed by atoms with Crippen LogP contribution in [0, 0.1) is 0 Å². The number of hydrogen-bond donors (Lipinski definition) is 0. The molecule has 26 valence electrons. The van der Waals surface area contributed by atoms with Gasteiger partial charge in [-0.25, -0.2) is 0 Å². The molecule has 0 fully saturated rings. The maximum Gasteiger partial charge on any atom is 3.00 e. The summed E-state index contributed by atoms with van der Waals surface area (Å²) in [5, 5.41) is 9.94. The first-order valence-electron chi connectivity index (χ1n) is 1.25. The Kier molecular flexibility index (Phi) is 3.57. The third kappa shape index (κ3) is 1.62. The van der Waals surface area contributed by atoms with Gasteiger partial charge < -0.3 is 10.2 Å². The Morgan fingerprint density at radius 3 is 2.50 bits per heavy atom. The molecule has 1 heterocycles. The predicted molar refractivity (Wildman–Crippen MR) is 15.4 cm³/mol. The van der Waals surface area contributed by atoms with Gasteiger partial charge in [0.2, 0.25) is 0 Å². The van der Waals surface area contributed by atoms with Crippen LogP contribution in [0.25, 0.3) is 0 Å². The van der Waals surface area contributed by atoms with E-state index in [0.717, 1.165) is 0 Å². The zero-order chi connectivity index (χ0) is 3.54. The molecule has 0 N–H and O–H groups in total. The molecule has 0 amide bonds. The van der Waals surface area contributed by atoms with E-state index in [1.165, 1.54) is 12.4 Å². The van der Waals surface area contributed by atoms with Gasteiger partial charge in [0.05, 0.1) is 0 Å². The van der Waals surface area contributed by atoms with Crippen molar-refractivity contribution < 1.29 is 32.7 Å². The van der Waals surface area contributed by atoms with Gasteiger partial charge >= 0.3 is 32.7 Å². The Balaban J connectivity index is 0.000000250. The van der Waals surface area contributed by atoms with Gasteiger partial charge in [0.15, 0.2) is 0 Å². The molecule has 1 rings (SSSR count). The normalized spacial score (nSPS) is 6.67. The quantitative estimate of drug-likeness (QED) is 0.506. The third-order valence-electron chi connectivity index (χ3n) is 0.303. The molecule has 3 nitrogen and oxygen atoms in total. The number of nitrogens with zero attached hydrogens (tertiary/aromatic N) is 3. The first kappa shape index (κ1) is 6.24. The Bertz CT molecular complexity index is 65.3. The van der Waals surface area contributed by atoms with Crippen LogP contribution >= 0.6 is 0 Å². The summed E-state index contributed by atoms with van der Waals surface area (Å²) in [6, 6.07) is 0. The second-order valence-corrected chi connectivity index (χ2v) is 0.619. The predicted octanol–water partition coefficient (Wildman–Crippen LogP) is -0.569. The van der Waals surface area contributed by atoms with Crippen molar-refractivity contribution in [3.05, 3.63) is 12.4 Å². The van der Waals surface area contributed by atoms with Crippen LogP contribution in [0.4, 0.5) is 0 Å². The molecule has 0 radical (unpaired) electrons. The molecule has 0 unspecified atom stereocenters. The maximum atomic E-state index is 3.36. The van der Waals surface area contributed by atoms with E-state index < -0.39 is 0 Å². The summed E-state index contributed by atoms with van der Waals surface area (Å²) in [6.07, 6.45) is 3.06. The van der Waals surface area contributed by atoms with Crippen molar-refractivity contribution in [2.24, 2.45) is 0 Å². The van der Waals surface area contributed by atoms with Crippen LogP contribution in [-0.2, 0) is 32.7 Å². The van der Waals surface area contributed by atoms with Crippen LogP contribution in [0.2, 0.25) is 0 Å². The standard InChI is InChI=1S/C2H2N3.Y/c1-2-4-5-3-1;/h1-2H;/q-1;+3. The van der Waals surface area contributed by atoms with Gasteiger partial charge in [-0.15, -0.1) is 0 Å². The molecule has 0 bridgehead atoms. The summed E-state index contributed by atoms with van der Waals surface area (Å²) in [5.41, 5.74) is 0. The van der Waals surface area contributed by atoms with E-state index in [9.17, 15) is 0 Å². The van der Waals surface area contributed by atoms with Crippen LogP contribution < -0.4 is 5.10 Å². The summed E-state index contributed by atoms with van der Waals surface area (Å²) in [7, 11) is 0. The Morgan fingerprint density at radius 2 is 2.33 bits per heavy atom. The van der Waals surface area contributed by atoms with Crippen molar-refractivity contribution in [2.75, 3.05) is 0 Å². The van der Waals surface area contributed by atoms with Gasteiger partial charge in [-0.05, 0) is 0 Å². The molecule has 0 aliphatic rings. The van der Waals surface area contributed by atoms with E-state index in [2.05, 4.69) is 15.4 Å². The van der Waals surface area contributed by atoms with Crippen LogP contribution in [-0.4, -0.2) is 10.3 Å². The number of rotatable bonds is 0. The van der Waals surface area contributed by atoms with E-state index in [1.54, 1.807) is 0 Å². The van der Waals surface area contributed by atoms with Gasteiger partial charge in [-0.3, -0.25) is 5.21 Å². The molecule has 6 heavy (non-hydrogen) atoms. The van der Waals surface area contributed by atoms with Gasteiger partial charge in [0.25, 0.3) is 0 Å². The first-order chi connectivity index (χ1) is 2.50. The van der Waals surface area contributed by atoms with Crippen LogP contribution in [0.15, 0.2) is 12.4 Å². The molecule has 0 spiro atoms. The zero-order valence-corrected chi connectivity index (χ0v) is 5.91. The summed E-state index contributed by atoms with van der Waals surface area (Å²) < 4.78 is 0. The average Bonchev–Trinajstić information content (AvgIpc) is 1.76. The molecule has 0 atom stereocenters. The van der Waals surface area contributed by atoms with E-state index in [4.69, 9.17) is 0 Å². The molecule has 1 aromatic heterocycles. The fraction of sp³-hybridized carbons (Fsp3) is 0. The molecule has 0 aliphatic heterocycles. The largest absolute Gasteiger partial charge is 3.00 e. The maximum absolute atomic E-state index is 3.36.